The van der Waals surface area contributed by atoms with E-state index in [4.69, 9.17) is 13.6 Å². The third-order valence-corrected chi connectivity index (χ3v) is 5.12. The largest absolute Gasteiger partial charge is 0.481 e. The minimum absolute atomic E-state index is 0.0972. The van der Waals surface area contributed by atoms with Crippen molar-refractivity contribution in [1.29, 1.82) is 0 Å². The summed E-state index contributed by atoms with van der Waals surface area (Å²) in [7, 11) is 0. The zero-order valence-corrected chi connectivity index (χ0v) is 16.6. The highest BCUT2D eigenvalue weighted by Crippen LogP contribution is 2.21. The van der Waals surface area contributed by atoms with Crippen LogP contribution in [0.15, 0.2) is 62.6 Å². The van der Waals surface area contributed by atoms with Gasteiger partial charge in [-0.1, -0.05) is 0 Å². The predicted octanol–water partition coefficient (Wildman–Crippen LogP) is 2.53. The molecule has 8 nitrogen and oxygen atoms in total. The van der Waals surface area contributed by atoms with Gasteiger partial charge in [0.05, 0.1) is 11.8 Å². The Hall–Kier alpha value is -3.55. The van der Waals surface area contributed by atoms with Crippen LogP contribution in [0.5, 0.6) is 5.75 Å². The monoisotopic (exact) mass is 410 g/mol. The molecule has 1 aromatic carbocycles. The van der Waals surface area contributed by atoms with E-state index in [2.05, 4.69) is 0 Å². The smallest absolute Gasteiger partial charge is 0.336 e. The molecule has 2 aromatic heterocycles. The Kier molecular flexibility index (Phi) is 5.56. The first-order chi connectivity index (χ1) is 14.5. The predicted molar refractivity (Wildman–Crippen MR) is 108 cm³/mol. The van der Waals surface area contributed by atoms with Gasteiger partial charge in [0.2, 0.25) is 0 Å². The van der Waals surface area contributed by atoms with Crippen LogP contribution < -0.4 is 10.4 Å². The van der Waals surface area contributed by atoms with E-state index in [1.807, 2.05) is 0 Å². The van der Waals surface area contributed by atoms with Crippen molar-refractivity contribution in [3.8, 4) is 5.75 Å². The average Bonchev–Trinajstić information content (AvgIpc) is 3.17. The Labute approximate surface area is 172 Å². The van der Waals surface area contributed by atoms with Crippen molar-refractivity contribution < 1.29 is 23.2 Å². The van der Waals surface area contributed by atoms with E-state index in [1.54, 1.807) is 47.1 Å². The van der Waals surface area contributed by atoms with Crippen LogP contribution in [-0.2, 0) is 4.79 Å². The molecule has 3 heterocycles. The summed E-state index contributed by atoms with van der Waals surface area (Å²) in [5.41, 5.74) is 0.472. The number of ether oxygens (including phenoxy) is 1. The van der Waals surface area contributed by atoms with Gasteiger partial charge in [0, 0.05) is 43.7 Å². The molecule has 2 amide bonds. The molecule has 0 radical (unpaired) electrons. The summed E-state index contributed by atoms with van der Waals surface area (Å²) in [6, 6.07) is 9.78. The minimum Gasteiger partial charge on any atom is -0.481 e. The van der Waals surface area contributed by atoms with Gasteiger partial charge in [0.15, 0.2) is 6.10 Å². The van der Waals surface area contributed by atoms with Gasteiger partial charge in [-0.05, 0) is 37.6 Å². The van der Waals surface area contributed by atoms with Gasteiger partial charge in [-0.15, -0.1) is 0 Å². The number of furan rings is 1. The topological polar surface area (TPSA) is 93.2 Å². The number of hydrogen-bond donors (Lipinski definition) is 0. The third kappa shape index (κ3) is 4.22. The normalized spacial score (nSPS) is 15.6. The van der Waals surface area contributed by atoms with Gasteiger partial charge in [-0.2, -0.15) is 0 Å². The first-order valence-electron chi connectivity index (χ1n) is 9.82. The lowest BCUT2D eigenvalue weighted by Crippen LogP contribution is -2.43. The summed E-state index contributed by atoms with van der Waals surface area (Å²) in [4.78, 5) is 40.3. The summed E-state index contributed by atoms with van der Waals surface area (Å²) in [5, 5.41) is 0.774. The molecule has 0 bridgehead atoms. The molecule has 1 atom stereocenters. The van der Waals surface area contributed by atoms with Crippen molar-refractivity contribution in [1.82, 2.24) is 9.80 Å². The standard InChI is InChI=1S/C22H22N2O6/c1-15(29-18-5-3-16-4-6-20(25)30-19(16)13-18)21(26)23-8-2-9-24(11-10-23)22(27)17-7-12-28-14-17/h3-7,12-15H,2,8-11H2,1H3. The van der Waals surface area contributed by atoms with E-state index in [1.165, 1.54) is 18.6 Å². The fourth-order valence-corrected chi connectivity index (χ4v) is 3.54. The van der Waals surface area contributed by atoms with E-state index in [-0.39, 0.29) is 11.8 Å². The van der Waals surface area contributed by atoms with Crippen molar-refractivity contribution >= 4 is 22.8 Å². The fraction of sp³-hybridized carbons (Fsp3) is 0.318. The summed E-state index contributed by atoms with van der Waals surface area (Å²) in [5.74, 6) is 0.200. The first-order valence-corrected chi connectivity index (χ1v) is 9.82. The molecular formula is C22H22N2O6. The Morgan fingerprint density at radius 2 is 1.80 bits per heavy atom. The van der Waals surface area contributed by atoms with E-state index in [0.29, 0.717) is 49.5 Å². The van der Waals surface area contributed by atoms with Crippen LogP contribution in [0.1, 0.15) is 23.7 Å². The molecule has 1 unspecified atom stereocenters. The number of carbonyl (C=O) groups is 2. The fourth-order valence-electron chi connectivity index (χ4n) is 3.54. The number of carbonyl (C=O) groups excluding carboxylic acids is 2. The maximum atomic E-state index is 12.9. The van der Waals surface area contributed by atoms with Crippen LogP contribution in [0.3, 0.4) is 0 Å². The average molecular weight is 410 g/mol. The van der Waals surface area contributed by atoms with E-state index >= 15 is 0 Å². The second-order valence-corrected chi connectivity index (χ2v) is 7.20. The SMILES string of the molecule is CC(Oc1ccc2ccc(=O)oc2c1)C(=O)N1CCCN(C(=O)c2ccoc2)CC1. The van der Waals surface area contributed by atoms with Gasteiger partial charge in [0.1, 0.15) is 17.6 Å². The van der Waals surface area contributed by atoms with Gasteiger partial charge < -0.3 is 23.4 Å². The lowest BCUT2D eigenvalue weighted by molar-refractivity contribution is -0.137. The van der Waals surface area contributed by atoms with Crippen molar-refractivity contribution in [3.63, 3.8) is 0 Å². The van der Waals surface area contributed by atoms with Gasteiger partial charge in [-0.3, -0.25) is 9.59 Å². The molecular weight excluding hydrogens is 388 g/mol. The summed E-state index contributed by atoms with van der Waals surface area (Å²) >= 11 is 0. The Morgan fingerprint density at radius 1 is 1.03 bits per heavy atom. The van der Waals surface area contributed by atoms with E-state index in [9.17, 15) is 14.4 Å². The Bertz CT molecular complexity index is 1100. The molecule has 1 saturated heterocycles. The molecule has 0 spiro atoms. The number of nitrogens with zero attached hydrogens (tertiary/aromatic N) is 2. The van der Waals surface area contributed by atoms with E-state index < -0.39 is 11.7 Å². The molecule has 30 heavy (non-hydrogen) atoms. The zero-order valence-electron chi connectivity index (χ0n) is 16.6. The van der Waals surface area contributed by atoms with Crippen molar-refractivity contribution in [2.24, 2.45) is 0 Å². The molecule has 156 valence electrons. The van der Waals surface area contributed by atoms with Crippen molar-refractivity contribution in [3.05, 3.63) is 64.9 Å². The van der Waals surface area contributed by atoms with Crippen molar-refractivity contribution in [2.45, 2.75) is 19.4 Å². The Balaban J connectivity index is 1.39. The molecule has 3 aromatic rings. The maximum Gasteiger partial charge on any atom is 0.336 e. The third-order valence-electron chi connectivity index (χ3n) is 5.12. The second kappa shape index (κ2) is 8.44. The molecule has 1 aliphatic rings. The Morgan fingerprint density at radius 3 is 2.60 bits per heavy atom. The number of benzene rings is 1. The quantitative estimate of drug-likeness (QED) is 0.614. The van der Waals surface area contributed by atoms with Crippen LogP contribution in [-0.4, -0.2) is 53.9 Å². The first kappa shape index (κ1) is 19.8. The zero-order chi connectivity index (χ0) is 21.1. The minimum atomic E-state index is -0.714. The summed E-state index contributed by atoms with van der Waals surface area (Å²) < 4.78 is 16.0. The van der Waals surface area contributed by atoms with E-state index in [0.717, 1.165) is 5.39 Å². The van der Waals surface area contributed by atoms with Crippen LogP contribution in [0, 0.1) is 0 Å². The maximum absolute atomic E-state index is 12.9. The second-order valence-electron chi connectivity index (χ2n) is 7.20. The number of rotatable bonds is 4. The number of amides is 2. The summed E-state index contributed by atoms with van der Waals surface area (Å²) in [6.07, 6.45) is 2.87. The highest BCUT2D eigenvalue weighted by Gasteiger charge is 2.27. The van der Waals surface area contributed by atoms with Crippen LogP contribution in [0.2, 0.25) is 0 Å². The lowest BCUT2D eigenvalue weighted by atomic mass is 10.2. The molecule has 0 N–H and O–H groups in total. The van der Waals surface area contributed by atoms with Crippen LogP contribution >= 0.6 is 0 Å². The molecule has 8 heteroatoms. The highest BCUT2D eigenvalue weighted by atomic mass is 16.5. The van der Waals surface area contributed by atoms with Crippen LogP contribution in [0.4, 0.5) is 0 Å². The van der Waals surface area contributed by atoms with Crippen LogP contribution in [0.25, 0.3) is 11.0 Å². The number of fused-ring (bicyclic) bond motifs is 1. The summed E-state index contributed by atoms with van der Waals surface area (Å²) in [6.45, 7) is 3.69. The van der Waals surface area contributed by atoms with Gasteiger partial charge in [-0.25, -0.2) is 4.79 Å². The lowest BCUT2D eigenvalue weighted by Gasteiger charge is -2.25. The molecule has 1 fully saturated rings. The van der Waals surface area contributed by atoms with Gasteiger partial charge in [0.25, 0.3) is 11.8 Å². The van der Waals surface area contributed by atoms with Gasteiger partial charge >= 0.3 is 5.63 Å². The molecule has 0 saturated carbocycles. The van der Waals surface area contributed by atoms with Crippen molar-refractivity contribution in [2.75, 3.05) is 26.2 Å². The molecule has 1 aliphatic heterocycles. The number of hydrogen-bond acceptors (Lipinski definition) is 6. The highest BCUT2D eigenvalue weighted by molar-refractivity contribution is 5.94. The molecule has 4 rings (SSSR count). The molecule has 0 aliphatic carbocycles.